The van der Waals surface area contributed by atoms with Gasteiger partial charge in [0.15, 0.2) is 0 Å². The maximum absolute atomic E-state index is 12.8. The van der Waals surface area contributed by atoms with Gasteiger partial charge in [-0.3, -0.25) is 0 Å². The van der Waals surface area contributed by atoms with Crippen molar-refractivity contribution in [1.82, 2.24) is 14.4 Å². The Morgan fingerprint density at radius 2 is 1.78 bits per heavy atom. The number of rotatable bonds is 6. The van der Waals surface area contributed by atoms with Crippen LogP contribution in [0.25, 0.3) is 11.4 Å². The van der Waals surface area contributed by atoms with Gasteiger partial charge in [0.05, 0.1) is 11.4 Å². The van der Waals surface area contributed by atoms with Crippen LogP contribution in [0.3, 0.4) is 0 Å². The Hall–Kier alpha value is -2.55. The number of sulfonamides is 1. The maximum atomic E-state index is 12.8. The molecule has 0 saturated heterocycles. The van der Waals surface area contributed by atoms with Crippen LogP contribution in [0.1, 0.15) is 22.6 Å². The van der Waals surface area contributed by atoms with Gasteiger partial charge in [-0.15, -0.1) is 0 Å². The molecule has 0 aliphatic rings. The summed E-state index contributed by atoms with van der Waals surface area (Å²) in [6, 6.07) is 12.6. The molecule has 0 bridgehead atoms. The van der Waals surface area contributed by atoms with Crippen LogP contribution in [0, 0.1) is 13.8 Å². The summed E-state index contributed by atoms with van der Waals surface area (Å²) in [4.78, 5) is 4.54. The molecule has 0 atom stereocenters. The molecule has 2 N–H and O–H groups in total. The molecule has 0 amide bonds. The van der Waals surface area contributed by atoms with E-state index in [1.807, 2.05) is 38.1 Å². The zero-order valence-electron chi connectivity index (χ0n) is 15.5. The van der Waals surface area contributed by atoms with Crippen LogP contribution in [0.15, 0.2) is 51.9 Å². The molecular weight excluding hydrogens is 364 g/mol. The Balaban J connectivity index is 1.78. The molecule has 0 unspecified atom stereocenters. The quantitative estimate of drug-likeness (QED) is 0.699. The summed E-state index contributed by atoms with van der Waals surface area (Å²) in [5.74, 6) is 0.633. The van der Waals surface area contributed by atoms with E-state index in [-0.39, 0.29) is 17.3 Å². The van der Waals surface area contributed by atoms with Gasteiger partial charge in [-0.25, -0.2) is 8.42 Å². The third kappa shape index (κ3) is 4.08. The molecule has 3 aromatic rings. The molecule has 3 rings (SSSR count). The molecule has 1 heterocycles. The fourth-order valence-corrected chi connectivity index (χ4v) is 3.76. The summed E-state index contributed by atoms with van der Waals surface area (Å²) in [5, 5.41) is 3.94. The van der Waals surface area contributed by atoms with E-state index in [2.05, 4.69) is 10.1 Å². The van der Waals surface area contributed by atoms with Gasteiger partial charge >= 0.3 is 0 Å². The van der Waals surface area contributed by atoms with E-state index >= 15 is 0 Å². The van der Waals surface area contributed by atoms with Crippen molar-refractivity contribution < 1.29 is 12.9 Å². The van der Waals surface area contributed by atoms with E-state index in [1.165, 1.54) is 11.4 Å². The van der Waals surface area contributed by atoms with E-state index in [9.17, 15) is 8.42 Å². The highest BCUT2D eigenvalue weighted by molar-refractivity contribution is 7.89. The predicted molar refractivity (Wildman–Crippen MR) is 102 cm³/mol. The zero-order chi connectivity index (χ0) is 19.6. The molecule has 0 aliphatic heterocycles. The number of hydrogen-bond donors (Lipinski definition) is 1. The van der Waals surface area contributed by atoms with Crippen LogP contribution < -0.4 is 5.73 Å². The number of aromatic nitrogens is 2. The van der Waals surface area contributed by atoms with E-state index in [4.69, 9.17) is 10.3 Å². The molecular formula is C19H22N4O3S. The Morgan fingerprint density at radius 3 is 2.41 bits per heavy atom. The molecule has 142 valence electrons. The summed E-state index contributed by atoms with van der Waals surface area (Å²) >= 11 is 0. The van der Waals surface area contributed by atoms with Gasteiger partial charge < -0.3 is 10.3 Å². The number of benzene rings is 2. The molecule has 1 aromatic heterocycles. The molecule has 2 aromatic carbocycles. The number of hydrogen-bond acceptors (Lipinski definition) is 6. The van der Waals surface area contributed by atoms with E-state index in [0.717, 1.165) is 22.3 Å². The van der Waals surface area contributed by atoms with Crippen LogP contribution in [0.2, 0.25) is 0 Å². The van der Waals surface area contributed by atoms with Crippen molar-refractivity contribution in [3.8, 4) is 11.4 Å². The second-order valence-electron chi connectivity index (χ2n) is 6.42. The lowest BCUT2D eigenvalue weighted by atomic mass is 10.1. The van der Waals surface area contributed by atoms with Gasteiger partial charge in [-0.05, 0) is 42.7 Å². The van der Waals surface area contributed by atoms with E-state index in [0.29, 0.717) is 12.4 Å². The fourth-order valence-electron chi connectivity index (χ4n) is 2.56. The minimum Gasteiger partial charge on any atom is -0.338 e. The third-order valence-electron chi connectivity index (χ3n) is 4.46. The first kappa shape index (κ1) is 19.2. The topological polar surface area (TPSA) is 102 Å². The minimum atomic E-state index is -3.65. The Kier molecular flexibility index (Phi) is 5.41. The van der Waals surface area contributed by atoms with Crippen molar-refractivity contribution in [2.75, 3.05) is 7.05 Å². The van der Waals surface area contributed by atoms with Crippen molar-refractivity contribution in [1.29, 1.82) is 0 Å². The van der Waals surface area contributed by atoms with Gasteiger partial charge in [-0.2, -0.15) is 9.29 Å². The number of nitrogens with zero attached hydrogens (tertiary/aromatic N) is 3. The van der Waals surface area contributed by atoms with Crippen LogP contribution in [0.5, 0.6) is 0 Å². The lowest BCUT2D eigenvalue weighted by molar-refractivity contribution is 0.337. The molecule has 0 aliphatic carbocycles. The summed E-state index contributed by atoms with van der Waals surface area (Å²) in [7, 11) is -2.16. The SMILES string of the molecule is Cc1ccc(S(=O)(=O)N(C)Cc2nc(-c3ccc(CN)cc3)no2)cc1C. The summed E-state index contributed by atoms with van der Waals surface area (Å²) in [6.45, 7) is 4.27. The predicted octanol–water partition coefficient (Wildman–Crippen LogP) is 2.63. The Bertz CT molecular complexity index is 1040. The van der Waals surface area contributed by atoms with Crippen molar-refractivity contribution in [2.24, 2.45) is 5.73 Å². The highest BCUT2D eigenvalue weighted by Crippen LogP contribution is 2.21. The normalized spacial score (nSPS) is 11.9. The van der Waals surface area contributed by atoms with Crippen LogP contribution in [-0.2, 0) is 23.1 Å². The van der Waals surface area contributed by atoms with Crippen molar-refractivity contribution in [3.05, 3.63) is 65.0 Å². The van der Waals surface area contributed by atoms with E-state index in [1.54, 1.807) is 18.2 Å². The number of nitrogens with two attached hydrogens (primary N) is 1. The first-order chi connectivity index (χ1) is 12.8. The number of aryl methyl sites for hydroxylation is 2. The first-order valence-corrected chi connectivity index (χ1v) is 9.91. The second-order valence-corrected chi connectivity index (χ2v) is 8.46. The van der Waals surface area contributed by atoms with Gasteiger partial charge in [0.25, 0.3) is 0 Å². The third-order valence-corrected chi connectivity index (χ3v) is 6.26. The summed E-state index contributed by atoms with van der Waals surface area (Å²) in [6.07, 6.45) is 0. The van der Waals surface area contributed by atoms with Gasteiger partial charge in [0.1, 0.15) is 0 Å². The van der Waals surface area contributed by atoms with E-state index < -0.39 is 10.0 Å². The van der Waals surface area contributed by atoms with Crippen LogP contribution >= 0.6 is 0 Å². The average Bonchev–Trinajstić information content (AvgIpc) is 3.12. The zero-order valence-corrected chi connectivity index (χ0v) is 16.3. The molecule has 0 saturated carbocycles. The molecule has 7 nitrogen and oxygen atoms in total. The molecule has 8 heteroatoms. The lowest BCUT2D eigenvalue weighted by Crippen LogP contribution is -2.26. The average molecular weight is 386 g/mol. The van der Waals surface area contributed by atoms with Gasteiger partial charge in [0.2, 0.25) is 21.7 Å². The lowest BCUT2D eigenvalue weighted by Gasteiger charge is -2.15. The van der Waals surface area contributed by atoms with Crippen LogP contribution in [0.4, 0.5) is 0 Å². The van der Waals surface area contributed by atoms with Gasteiger partial charge in [-0.1, -0.05) is 35.5 Å². The molecule has 0 radical (unpaired) electrons. The largest absolute Gasteiger partial charge is 0.338 e. The summed E-state index contributed by atoms with van der Waals surface area (Å²) in [5.41, 5.74) is 9.33. The summed E-state index contributed by atoms with van der Waals surface area (Å²) < 4.78 is 32.0. The minimum absolute atomic E-state index is 0.0108. The first-order valence-electron chi connectivity index (χ1n) is 8.47. The second kappa shape index (κ2) is 7.59. The molecule has 0 spiro atoms. The van der Waals surface area contributed by atoms with Crippen LogP contribution in [-0.4, -0.2) is 29.9 Å². The van der Waals surface area contributed by atoms with Crippen molar-refractivity contribution in [3.63, 3.8) is 0 Å². The highest BCUT2D eigenvalue weighted by atomic mass is 32.2. The smallest absolute Gasteiger partial charge is 0.243 e. The standard InChI is InChI=1S/C19H22N4O3S/c1-13-4-9-17(10-14(13)2)27(24,25)23(3)12-18-21-19(22-26-18)16-7-5-15(11-20)6-8-16/h4-10H,11-12,20H2,1-3H3. The van der Waals surface area contributed by atoms with Crippen molar-refractivity contribution >= 4 is 10.0 Å². The molecule has 27 heavy (non-hydrogen) atoms. The highest BCUT2D eigenvalue weighted by Gasteiger charge is 2.23. The maximum Gasteiger partial charge on any atom is 0.243 e. The molecule has 0 fully saturated rings. The Labute approximate surface area is 158 Å². The van der Waals surface area contributed by atoms with Gasteiger partial charge in [0, 0.05) is 19.2 Å². The fraction of sp³-hybridized carbons (Fsp3) is 0.263. The Morgan fingerprint density at radius 1 is 1.07 bits per heavy atom. The monoisotopic (exact) mass is 386 g/mol. The van der Waals surface area contributed by atoms with Crippen molar-refractivity contribution in [2.45, 2.75) is 31.8 Å².